The zero-order valence-electron chi connectivity index (χ0n) is 10.9. The molecular formula is C11H15BrN4O3S. The molecule has 1 aromatic rings. The van der Waals surface area contributed by atoms with Gasteiger partial charge in [-0.1, -0.05) is 13.8 Å². The van der Waals surface area contributed by atoms with Crippen LogP contribution in [0.1, 0.15) is 23.5 Å². The summed E-state index contributed by atoms with van der Waals surface area (Å²) in [6.07, 6.45) is 0. The smallest absolute Gasteiger partial charge is 0.312 e. The lowest BCUT2D eigenvalue weighted by Crippen LogP contribution is -2.55. The number of thiophene rings is 1. The number of carbonyl (C=O) groups excluding carboxylic acids is 3. The molecule has 9 heteroatoms. The third-order valence-corrected chi connectivity index (χ3v) is 3.97. The molecule has 0 saturated heterocycles. The van der Waals surface area contributed by atoms with Gasteiger partial charge < -0.3 is 11.1 Å². The average molecular weight is 363 g/mol. The van der Waals surface area contributed by atoms with Gasteiger partial charge >= 0.3 is 6.03 Å². The number of hydrazine groups is 1. The van der Waals surface area contributed by atoms with Crippen LogP contribution in [0.3, 0.4) is 0 Å². The van der Waals surface area contributed by atoms with Gasteiger partial charge in [0.15, 0.2) is 0 Å². The number of primary amides is 1. The normalized spacial score (nSPS) is 11.8. The molecule has 0 aliphatic rings. The van der Waals surface area contributed by atoms with Crippen LogP contribution in [0, 0.1) is 5.92 Å². The fraction of sp³-hybridized carbons (Fsp3) is 0.364. The Morgan fingerprint density at radius 2 is 1.90 bits per heavy atom. The second-order valence-corrected chi connectivity index (χ2v) is 6.74. The maximum Gasteiger partial charge on any atom is 0.312 e. The van der Waals surface area contributed by atoms with Gasteiger partial charge in [0.05, 0.1) is 8.66 Å². The van der Waals surface area contributed by atoms with Crippen LogP contribution in [0.4, 0.5) is 4.79 Å². The number of nitrogens with two attached hydrogens (primary N) is 1. The van der Waals surface area contributed by atoms with Gasteiger partial charge in [-0.25, -0.2) is 4.79 Å². The Morgan fingerprint density at radius 1 is 1.25 bits per heavy atom. The van der Waals surface area contributed by atoms with Gasteiger partial charge in [-0.3, -0.25) is 20.4 Å². The van der Waals surface area contributed by atoms with Gasteiger partial charge in [-0.15, -0.1) is 11.3 Å². The fourth-order valence-electron chi connectivity index (χ4n) is 1.38. The zero-order chi connectivity index (χ0) is 15.3. The molecule has 0 aliphatic heterocycles. The minimum atomic E-state index is -0.817. The zero-order valence-corrected chi connectivity index (χ0v) is 13.3. The van der Waals surface area contributed by atoms with Crippen LogP contribution in [0.25, 0.3) is 0 Å². The molecule has 1 atom stereocenters. The average Bonchev–Trinajstić information content (AvgIpc) is 2.78. The first-order valence-corrected chi connectivity index (χ1v) is 7.33. The lowest BCUT2D eigenvalue weighted by atomic mass is 10.0. The van der Waals surface area contributed by atoms with Crippen LogP contribution in [0.5, 0.6) is 0 Å². The first-order chi connectivity index (χ1) is 9.31. The van der Waals surface area contributed by atoms with E-state index in [1.54, 1.807) is 26.0 Å². The van der Waals surface area contributed by atoms with Gasteiger partial charge in [-0.05, 0) is 34.0 Å². The van der Waals surface area contributed by atoms with E-state index in [1.807, 2.05) is 0 Å². The summed E-state index contributed by atoms with van der Waals surface area (Å²) in [6, 6.07) is 1.74. The Balaban J connectivity index is 2.56. The van der Waals surface area contributed by atoms with Gasteiger partial charge in [0.1, 0.15) is 6.04 Å². The van der Waals surface area contributed by atoms with Crippen LogP contribution < -0.4 is 21.9 Å². The van der Waals surface area contributed by atoms with Crippen molar-refractivity contribution in [3.05, 3.63) is 20.8 Å². The third-order valence-electron chi connectivity index (χ3n) is 2.34. The number of urea groups is 1. The summed E-state index contributed by atoms with van der Waals surface area (Å²) in [5.74, 6) is -1.14. The van der Waals surface area contributed by atoms with Crippen LogP contribution >= 0.6 is 27.3 Å². The number of halogens is 1. The molecule has 0 saturated carbocycles. The summed E-state index contributed by atoms with van der Waals surface area (Å²) < 4.78 is 0.810. The van der Waals surface area contributed by atoms with Crippen molar-refractivity contribution in [2.24, 2.45) is 11.7 Å². The molecule has 1 unspecified atom stereocenters. The predicted molar refractivity (Wildman–Crippen MR) is 79.0 cm³/mol. The van der Waals surface area contributed by atoms with E-state index in [0.29, 0.717) is 4.88 Å². The van der Waals surface area contributed by atoms with Crippen molar-refractivity contribution in [2.75, 3.05) is 0 Å². The number of rotatable bonds is 4. The predicted octanol–water partition coefficient (Wildman–Crippen LogP) is 0.964. The lowest BCUT2D eigenvalue weighted by Gasteiger charge is -2.20. The monoisotopic (exact) mass is 362 g/mol. The van der Waals surface area contributed by atoms with Crippen molar-refractivity contribution in [1.82, 2.24) is 16.2 Å². The Bertz CT molecular complexity index is 518. The molecule has 4 amide bonds. The number of hydrogen-bond acceptors (Lipinski definition) is 4. The van der Waals surface area contributed by atoms with Crippen molar-refractivity contribution in [1.29, 1.82) is 0 Å². The Kier molecular flexibility index (Phi) is 5.96. The molecular weight excluding hydrogens is 348 g/mol. The molecule has 110 valence electrons. The van der Waals surface area contributed by atoms with E-state index in [9.17, 15) is 14.4 Å². The van der Waals surface area contributed by atoms with Gasteiger partial charge in [0.2, 0.25) is 0 Å². The second kappa shape index (κ2) is 7.25. The van der Waals surface area contributed by atoms with E-state index in [-0.39, 0.29) is 5.92 Å². The van der Waals surface area contributed by atoms with Crippen molar-refractivity contribution in [3.8, 4) is 0 Å². The topological polar surface area (TPSA) is 113 Å². The number of nitrogens with one attached hydrogen (secondary N) is 3. The highest BCUT2D eigenvalue weighted by molar-refractivity contribution is 9.11. The molecule has 1 rings (SSSR count). The molecule has 7 nitrogen and oxygen atoms in total. The molecule has 0 spiro atoms. The van der Waals surface area contributed by atoms with Crippen molar-refractivity contribution >= 4 is 45.1 Å². The van der Waals surface area contributed by atoms with E-state index in [0.717, 1.165) is 3.79 Å². The highest BCUT2D eigenvalue weighted by Gasteiger charge is 2.23. The van der Waals surface area contributed by atoms with E-state index in [1.165, 1.54) is 11.3 Å². The van der Waals surface area contributed by atoms with E-state index >= 15 is 0 Å². The molecule has 0 fully saturated rings. The van der Waals surface area contributed by atoms with Crippen LogP contribution in [0.2, 0.25) is 0 Å². The number of hydrogen-bond donors (Lipinski definition) is 4. The summed E-state index contributed by atoms with van der Waals surface area (Å²) in [4.78, 5) is 34.9. The molecule has 0 bridgehead atoms. The summed E-state index contributed by atoms with van der Waals surface area (Å²) in [6.45, 7) is 3.50. The van der Waals surface area contributed by atoms with Gasteiger partial charge in [0.25, 0.3) is 11.8 Å². The molecule has 0 aliphatic carbocycles. The first kappa shape index (κ1) is 16.4. The summed E-state index contributed by atoms with van der Waals surface area (Å²) in [5, 5.41) is 2.32. The van der Waals surface area contributed by atoms with Crippen LogP contribution in [-0.2, 0) is 4.79 Å². The quantitative estimate of drug-likeness (QED) is 0.598. The molecule has 5 N–H and O–H groups in total. The van der Waals surface area contributed by atoms with Crippen molar-refractivity contribution in [2.45, 2.75) is 19.9 Å². The van der Waals surface area contributed by atoms with Gasteiger partial charge in [-0.2, -0.15) is 0 Å². The molecule has 1 heterocycles. The largest absolute Gasteiger partial charge is 0.352 e. The Labute approximate surface area is 128 Å². The first-order valence-electron chi connectivity index (χ1n) is 5.72. The minimum absolute atomic E-state index is 0.171. The standard InChI is InChI=1S/C11H15BrN4O3S/c1-5(2)8(14-11(13)19)10(18)16-15-9(17)6-3-4-7(12)20-6/h3-5,8H,1-2H3,(H,15,17)(H,16,18)(H3,13,14,19). The summed E-state index contributed by atoms with van der Waals surface area (Å²) >= 11 is 4.48. The van der Waals surface area contributed by atoms with Crippen LogP contribution in [0.15, 0.2) is 15.9 Å². The van der Waals surface area contributed by atoms with Gasteiger partial charge in [0, 0.05) is 0 Å². The highest BCUT2D eigenvalue weighted by atomic mass is 79.9. The van der Waals surface area contributed by atoms with Crippen molar-refractivity contribution in [3.63, 3.8) is 0 Å². The summed E-state index contributed by atoms with van der Waals surface area (Å²) in [5.41, 5.74) is 9.54. The lowest BCUT2D eigenvalue weighted by molar-refractivity contribution is -0.124. The summed E-state index contributed by atoms with van der Waals surface area (Å²) in [7, 11) is 0. The number of amides is 4. The maximum atomic E-state index is 11.9. The minimum Gasteiger partial charge on any atom is -0.352 e. The van der Waals surface area contributed by atoms with E-state index < -0.39 is 23.9 Å². The molecule has 0 radical (unpaired) electrons. The number of carbonyl (C=O) groups is 3. The molecule has 1 aromatic heterocycles. The van der Waals surface area contributed by atoms with E-state index in [4.69, 9.17) is 5.73 Å². The van der Waals surface area contributed by atoms with Crippen molar-refractivity contribution < 1.29 is 14.4 Å². The maximum absolute atomic E-state index is 11.9. The second-order valence-electron chi connectivity index (χ2n) is 4.28. The third kappa shape index (κ3) is 4.82. The fourth-order valence-corrected chi connectivity index (χ4v) is 2.66. The van der Waals surface area contributed by atoms with E-state index in [2.05, 4.69) is 32.1 Å². The SMILES string of the molecule is CC(C)C(NC(N)=O)C(=O)NNC(=O)c1ccc(Br)s1. The molecule has 20 heavy (non-hydrogen) atoms. The Morgan fingerprint density at radius 3 is 2.35 bits per heavy atom. The highest BCUT2D eigenvalue weighted by Crippen LogP contribution is 2.21. The molecule has 0 aromatic carbocycles. The van der Waals surface area contributed by atoms with Crippen LogP contribution in [-0.4, -0.2) is 23.9 Å². The Hall–Kier alpha value is -1.61.